The first-order chi connectivity index (χ1) is 6.39. The second kappa shape index (κ2) is 4.37. The van der Waals surface area contributed by atoms with Gasteiger partial charge >= 0.3 is 0 Å². The first kappa shape index (κ1) is 11.6. The lowest BCUT2D eigenvalue weighted by Gasteiger charge is -2.04. The van der Waals surface area contributed by atoms with E-state index in [1.54, 1.807) is 6.07 Å². The molecule has 0 aromatic carbocycles. The molecule has 1 rings (SSSR count). The Hall–Kier alpha value is -0.460. The molecule has 0 saturated carbocycles. The Morgan fingerprint density at radius 1 is 1.57 bits per heavy atom. The minimum atomic E-state index is -3.15. The number of nitrogens with zero attached hydrogens (tertiary/aromatic N) is 1. The van der Waals surface area contributed by atoms with Gasteiger partial charge in [-0.25, -0.2) is 8.42 Å². The summed E-state index contributed by atoms with van der Waals surface area (Å²) in [6.07, 6.45) is 1.17. The average molecular weight is 234 g/mol. The van der Waals surface area contributed by atoms with Crippen LogP contribution in [0.25, 0.3) is 0 Å². The van der Waals surface area contributed by atoms with Gasteiger partial charge in [-0.2, -0.15) is 4.37 Å². The molecule has 0 bridgehead atoms. The number of rotatable bonds is 4. The van der Waals surface area contributed by atoms with E-state index in [2.05, 4.69) is 9.69 Å². The fourth-order valence-corrected chi connectivity index (χ4v) is 2.51. The number of nitrogens with one attached hydrogen (secondary N) is 1. The van der Waals surface area contributed by atoms with Crippen LogP contribution in [0.3, 0.4) is 0 Å². The van der Waals surface area contributed by atoms with Gasteiger partial charge in [-0.1, -0.05) is 13.8 Å². The van der Waals surface area contributed by atoms with Crippen molar-refractivity contribution in [2.24, 2.45) is 0 Å². The first-order valence-corrected chi connectivity index (χ1v) is 6.95. The van der Waals surface area contributed by atoms with E-state index in [0.29, 0.717) is 12.6 Å². The Morgan fingerprint density at radius 3 is 2.64 bits per heavy atom. The summed E-state index contributed by atoms with van der Waals surface area (Å²) >= 11 is 1.23. The van der Waals surface area contributed by atoms with Gasteiger partial charge in [0.15, 0.2) is 14.9 Å². The van der Waals surface area contributed by atoms with Crippen molar-refractivity contribution in [3.63, 3.8) is 0 Å². The van der Waals surface area contributed by atoms with Crippen molar-refractivity contribution in [3.8, 4) is 0 Å². The van der Waals surface area contributed by atoms with Crippen LogP contribution in [0.15, 0.2) is 11.1 Å². The van der Waals surface area contributed by atoms with E-state index >= 15 is 0 Å². The van der Waals surface area contributed by atoms with Crippen LogP contribution in [0.4, 0.5) is 0 Å². The Kier molecular flexibility index (Phi) is 3.63. The van der Waals surface area contributed by atoms with E-state index in [1.807, 2.05) is 13.8 Å². The van der Waals surface area contributed by atoms with Gasteiger partial charge in [0.25, 0.3) is 0 Å². The molecule has 1 aromatic rings. The normalized spacial score (nSPS) is 12.3. The summed E-state index contributed by atoms with van der Waals surface area (Å²) in [6.45, 7) is 4.75. The van der Waals surface area contributed by atoms with Gasteiger partial charge < -0.3 is 5.32 Å². The summed E-state index contributed by atoms with van der Waals surface area (Å²) < 4.78 is 26.1. The summed E-state index contributed by atoms with van der Waals surface area (Å²) in [7, 11) is -3.15. The van der Waals surface area contributed by atoms with Crippen LogP contribution in [0.2, 0.25) is 0 Å². The zero-order valence-corrected chi connectivity index (χ0v) is 10.1. The highest BCUT2D eigenvalue weighted by molar-refractivity contribution is 7.90. The quantitative estimate of drug-likeness (QED) is 0.846. The molecule has 0 saturated heterocycles. The molecule has 0 atom stereocenters. The van der Waals surface area contributed by atoms with Crippen molar-refractivity contribution in [2.75, 3.05) is 6.26 Å². The lowest BCUT2D eigenvalue weighted by molar-refractivity contribution is 0.592. The molecule has 0 aliphatic heterocycles. The zero-order chi connectivity index (χ0) is 10.8. The Labute approximate surface area is 88.4 Å². The second-order valence-corrected chi connectivity index (χ2v) is 6.29. The SMILES string of the molecule is CC(C)NCc1cc(S(C)(=O)=O)ns1. The van der Waals surface area contributed by atoms with Crippen LogP contribution >= 0.6 is 11.5 Å². The molecule has 0 radical (unpaired) electrons. The number of hydrogen-bond acceptors (Lipinski definition) is 5. The molecule has 0 unspecified atom stereocenters. The molecule has 4 nitrogen and oxygen atoms in total. The Balaban J connectivity index is 2.70. The van der Waals surface area contributed by atoms with Crippen molar-refractivity contribution in [2.45, 2.75) is 31.5 Å². The zero-order valence-electron chi connectivity index (χ0n) is 8.44. The molecule has 1 heterocycles. The predicted octanol–water partition coefficient (Wildman–Crippen LogP) is 1.04. The number of aromatic nitrogens is 1. The van der Waals surface area contributed by atoms with Crippen molar-refractivity contribution in [1.82, 2.24) is 9.69 Å². The Bertz CT molecular complexity index is 395. The summed E-state index contributed by atoms with van der Waals surface area (Å²) in [5.74, 6) is 0. The highest BCUT2D eigenvalue weighted by atomic mass is 32.2. The standard InChI is InChI=1S/C8H14N2O2S2/c1-6(2)9-5-7-4-8(10-13-7)14(3,11)12/h4,6,9H,5H2,1-3H3. The third-order valence-electron chi connectivity index (χ3n) is 1.60. The smallest absolute Gasteiger partial charge is 0.193 e. The van der Waals surface area contributed by atoms with E-state index in [9.17, 15) is 8.42 Å². The molecule has 0 amide bonds. The van der Waals surface area contributed by atoms with Gasteiger partial charge in [0.2, 0.25) is 0 Å². The highest BCUT2D eigenvalue weighted by Crippen LogP contribution is 2.14. The van der Waals surface area contributed by atoms with E-state index in [-0.39, 0.29) is 5.03 Å². The molecule has 0 aliphatic carbocycles. The molecular formula is C8H14N2O2S2. The molecule has 0 aliphatic rings. The van der Waals surface area contributed by atoms with Crippen molar-refractivity contribution < 1.29 is 8.42 Å². The molecule has 1 N–H and O–H groups in total. The summed E-state index contributed by atoms with van der Waals surface area (Å²) in [4.78, 5) is 0.944. The lowest BCUT2D eigenvalue weighted by atomic mass is 10.4. The van der Waals surface area contributed by atoms with Gasteiger partial charge in [-0.15, -0.1) is 0 Å². The van der Waals surface area contributed by atoms with Crippen LogP contribution in [0.1, 0.15) is 18.7 Å². The average Bonchev–Trinajstić information content (AvgIpc) is 2.47. The molecular weight excluding hydrogens is 220 g/mol. The molecule has 14 heavy (non-hydrogen) atoms. The van der Waals surface area contributed by atoms with Gasteiger partial charge in [-0.3, -0.25) is 0 Å². The topological polar surface area (TPSA) is 59.1 Å². The minimum Gasteiger partial charge on any atom is -0.310 e. The van der Waals surface area contributed by atoms with Crippen molar-refractivity contribution in [3.05, 3.63) is 10.9 Å². The second-order valence-electron chi connectivity index (χ2n) is 3.44. The van der Waals surface area contributed by atoms with Gasteiger partial charge in [0, 0.05) is 23.7 Å². The van der Waals surface area contributed by atoms with Crippen LogP contribution in [0, 0.1) is 0 Å². The van der Waals surface area contributed by atoms with E-state index < -0.39 is 9.84 Å². The third-order valence-corrected chi connectivity index (χ3v) is 3.47. The fraction of sp³-hybridized carbons (Fsp3) is 0.625. The van der Waals surface area contributed by atoms with Crippen LogP contribution in [-0.2, 0) is 16.4 Å². The van der Waals surface area contributed by atoms with Crippen LogP contribution in [-0.4, -0.2) is 25.1 Å². The van der Waals surface area contributed by atoms with E-state index in [1.165, 1.54) is 17.8 Å². The molecule has 0 fully saturated rings. The minimum absolute atomic E-state index is 0.169. The summed E-state index contributed by atoms with van der Waals surface area (Å²) in [5.41, 5.74) is 0. The summed E-state index contributed by atoms with van der Waals surface area (Å²) in [5, 5.41) is 3.37. The van der Waals surface area contributed by atoms with Crippen LogP contribution in [0.5, 0.6) is 0 Å². The van der Waals surface area contributed by atoms with Crippen molar-refractivity contribution >= 4 is 21.4 Å². The van der Waals surface area contributed by atoms with Gasteiger partial charge in [0.1, 0.15) is 0 Å². The maximum Gasteiger partial charge on any atom is 0.193 e. The largest absolute Gasteiger partial charge is 0.310 e. The van der Waals surface area contributed by atoms with Crippen molar-refractivity contribution in [1.29, 1.82) is 0 Å². The number of sulfone groups is 1. The van der Waals surface area contributed by atoms with Crippen LogP contribution < -0.4 is 5.32 Å². The predicted molar refractivity (Wildman–Crippen MR) is 57.2 cm³/mol. The number of hydrogen-bond donors (Lipinski definition) is 1. The monoisotopic (exact) mass is 234 g/mol. The molecule has 6 heteroatoms. The third kappa shape index (κ3) is 3.36. The van der Waals surface area contributed by atoms with Gasteiger partial charge in [-0.05, 0) is 17.6 Å². The highest BCUT2D eigenvalue weighted by Gasteiger charge is 2.11. The van der Waals surface area contributed by atoms with E-state index in [0.717, 1.165) is 4.88 Å². The summed E-state index contributed by atoms with van der Waals surface area (Å²) in [6, 6.07) is 2.01. The Morgan fingerprint density at radius 2 is 2.21 bits per heavy atom. The molecule has 0 spiro atoms. The maximum absolute atomic E-state index is 11.1. The lowest BCUT2D eigenvalue weighted by Crippen LogP contribution is -2.21. The first-order valence-electron chi connectivity index (χ1n) is 4.28. The molecule has 80 valence electrons. The maximum atomic E-state index is 11.1. The fourth-order valence-electron chi connectivity index (χ4n) is 0.857. The van der Waals surface area contributed by atoms with Gasteiger partial charge in [0.05, 0.1) is 0 Å². The van der Waals surface area contributed by atoms with E-state index in [4.69, 9.17) is 0 Å². The molecule has 1 aromatic heterocycles.